The minimum Gasteiger partial charge on any atom is -0.484 e. The van der Waals surface area contributed by atoms with E-state index >= 15 is 0 Å². The van der Waals surface area contributed by atoms with Gasteiger partial charge < -0.3 is 10.5 Å². The summed E-state index contributed by atoms with van der Waals surface area (Å²) in [4.78, 5) is 31.0. The van der Waals surface area contributed by atoms with Gasteiger partial charge in [-0.15, -0.1) is 0 Å². The van der Waals surface area contributed by atoms with Crippen LogP contribution in [-0.4, -0.2) is 34.5 Å². The smallest absolute Gasteiger partial charge is 0.266 e. The van der Waals surface area contributed by atoms with Crippen LogP contribution in [0.4, 0.5) is 5.69 Å². The number of carbonyl (C=O) groups is 2. The monoisotopic (exact) mass is 423 g/mol. The Hall–Kier alpha value is -3.06. The Balaban J connectivity index is 1.85. The molecule has 1 saturated heterocycles. The molecule has 0 aromatic heterocycles. The van der Waals surface area contributed by atoms with E-state index in [1.54, 1.807) is 17.0 Å². The number of rotatable bonds is 7. The molecule has 2 aromatic carbocycles. The van der Waals surface area contributed by atoms with Gasteiger partial charge in [0.25, 0.3) is 11.8 Å². The predicted molar refractivity (Wildman–Crippen MR) is 122 cm³/mol. The van der Waals surface area contributed by atoms with Gasteiger partial charge in [-0.3, -0.25) is 14.5 Å². The van der Waals surface area contributed by atoms with E-state index in [-0.39, 0.29) is 18.6 Å². The zero-order valence-electron chi connectivity index (χ0n) is 17.3. The van der Waals surface area contributed by atoms with Crippen molar-refractivity contribution in [1.82, 2.24) is 4.90 Å². The molecule has 1 fully saturated rings. The number of hydrogen-bond acceptors (Lipinski definition) is 5. The Morgan fingerprint density at radius 1 is 1.20 bits per heavy atom. The molecule has 1 atom stereocenters. The van der Waals surface area contributed by atoms with Crippen molar-refractivity contribution < 1.29 is 14.3 Å². The largest absolute Gasteiger partial charge is 0.484 e. The highest BCUT2D eigenvalue weighted by Crippen LogP contribution is 2.36. The molecule has 0 radical (unpaired) electrons. The first kappa shape index (κ1) is 21.6. The second-order valence-electron chi connectivity index (χ2n) is 7.10. The van der Waals surface area contributed by atoms with E-state index in [1.807, 2.05) is 56.3 Å². The van der Waals surface area contributed by atoms with E-state index in [4.69, 9.17) is 15.5 Å². The van der Waals surface area contributed by atoms with Crippen molar-refractivity contribution in [3.63, 3.8) is 0 Å². The molecular formula is C23H25N3O3S. The summed E-state index contributed by atoms with van der Waals surface area (Å²) >= 11 is 1.38. The number of nitrogens with zero attached hydrogens (tertiary/aromatic N) is 2. The molecule has 2 N–H and O–H groups in total. The Kier molecular flexibility index (Phi) is 6.95. The number of nitrogens with two attached hydrogens (primary N) is 1. The first-order valence-electron chi connectivity index (χ1n) is 9.77. The molecule has 2 amide bonds. The average molecular weight is 424 g/mol. The van der Waals surface area contributed by atoms with Crippen LogP contribution in [0.5, 0.6) is 5.75 Å². The lowest BCUT2D eigenvalue weighted by Crippen LogP contribution is -2.36. The lowest BCUT2D eigenvalue weighted by molar-refractivity contribution is -0.123. The third kappa shape index (κ3) is 5.30. The number of primary amides is 1. The minimum atomic E-state index is -0.528. The van der Waals surface area contributed by atoms with Crippen molar-refractivity contribution in [2.45, 2.75) is 33.2 Å². The fourth-order valence-corrected chi connectivity index (χ4v) is 3.92. The summed E-state index contributed by atoms with van der Waals surface area (Å²) in [6, 6.07) is 15.1. The summed E-state index contributed by atoms with van der Waals surface area (Å²) in [5.41, 5.74) is 7.93. The summed E-state index contributed by atoms with van der Waals surface area (Å²) in [5.74, 6) is -0.0295. The number of amidine groups is 1. The van der Waals surface area contributed by atoms with Crippen LogP contribution in [0, 0.1) is 6.92 Å². The average Bonchev–Trinajstić information content (AvgIpc) is 3.03. The van der Waals surface area contributed by atoms with Crippen LogP contribution in [0.2, 0.25) is 0 Å². The number of thioether (sulfide) groups is 1. The number of carbonyl (C=O) groups excluding carboxylic acids is 2. The SMILES string of the molecule is CC[C@H](C)N1C(=O)/C(=C\c2ccc(OCC(N)=O)cc2)SC1=Nc1ccc(C)cc1. The van der Waals surface area contributed by atoms with Crippen molar-refractivity contribution in [1.29, 1.82) is 0 Å². The third-order valence-electron chi connectivity index (χ3n) is 4.69. The van der Waals surface area contributed by atoms with Gasteiger partial charge in [0.15, 0.2) is 11.8 Å². The second kappa shape index (κ2) is 9.63. The molecule has 1 aliphatic rings. The zero-order valence-corrected chi connectivity index (χ0v) is 18.1. The molecule has 0 saturated carbocycles. The van der Waals surface area contributed by atoms with Crippen LogP contribution >= 0.6 is 11.8 Å². The molecule has 0 aliphatic carbocycles. The number of hydrogen-bond donors (Lipinski definition) is 1. The first-order valence-corrected chi connectivity index (χ1v) is 10.6. The minimum absolute atomic E-state index is 0.0460. The van der Waals surface area contributed by atoms with Gasteiger partial charge in [-0.1, -0.05) is 36.8 Å². The first-order chi connectivity index (χ1) is 14.4. The molecule has 1 aliphatic heterocycles. The van der Waals surface area contributed by atoms with Gasteiger partial charge in [0, 0.05) is 6.04 Å². The Labute approximate surface area is 180 Å². The fraction of sp³-hybridized carbons (Fsp3) is 0.261. The summed E-state index contributed by atoms with van der Waals surface area (Å²) in [6.45, 7) is 5.94. The van der Waals surface area contributed by atoms with Crippen LogP contribution < -0.4 is 10.5 Å². The number of ether oxygens (including phenoxy) is 1. The van der Waals surface area contributed by atoms with E-state index < -0.39 is 5.91 Å². The maximum atomic E-state index is 13.1. The predicted octanol–water partition coefficient (Wildman–Crippen LogP) is 4.26. The van der Waals surface area contributed by atoms with Crippen molar-refractivity contribution in [3.05, 3.63) is 64.6 Å². The van der Waals surface area contributed by atoms with Gasteiger partial charge in [0.1, 0.15) is 5.75 Å². The van der Waals surface area contributed by atoms with Crippen LogP contribution in [0.25, 0.3) is 6.08 Å². The summed E-state index contributed by atoms with van der Waals surface area (Å²) in [7, 11) is 0. The Morgan fingerprint density at radius 2 is 1.87 bits per heavy atom. The molecule has 0 bridgehead atoms. The molecular weight excluding hydrogens is 398 g/mol. The standard InChI is InChI=1S/C23H25N3O3S/c1-4-16(3)26-22(28)20(30-23(26)25-18-9-5-15(2)6-10-18)13-17-7-11-19(12-8-17)29-14-21(24)27/h5-13,16H,4,14H2,1-3H3,(H2,24,27)/b20-13+,25-23?/t16-/m0/s1. The zero-order chi connectivity index (χ0) is 21.7. The molecule has 2 aromatic rings. The van der Waals surface area contributed by atoms with E-state index in [0.29, 0.717) is 15.8 Å². The van der Waals surface area contributed by atoms with Gasteiger partial charge in [-0.25, -0.2) is 4.99 Å². The Morgan fingerprint density at radius 3 is 2.47 bits per heavy atom. The second-order valence-corrected chi connectivity index (χ2v) is 8.11. The molecule has 30 heavy (non-hydrogen) atoms. The molecule has 6 nitrogen and oxygen atoms in total. The number of amides is 2. The van der Waals surface area contributed by atoms with E-state index in [9.17, 15) is 9.59 Å². The molecule has 1 heterocycles. The number of benzene rings is 2. The number of aliphatic imine (C=N–C) groups is 1. The van der Waals surface area contributed by atoms with E-state index in [0.717, 1.165) is 23.2 Å². The van der Waals surface area contributed by atoms with Crippen LogP contribution in [0.15, 0.2) is 58.4 Å². The van der Waals surface area contributed by atoms with Gasteiger partial charge in [-0.05, 0) is 67.9 Å². The van der Waals surface area contributed by atoms with Crippen LogP contribution in [-0.2, 0) is 9.59 Å². The maximum Gasteiger partial charge on any atom is 0.266 e. The van der Waals surface area contributed by atoms with Gasteiger partial charge in [0.2, 0.25) is 0 Å². The number of aryl methyl sites for hydroxylation is 1. The van der Waals surface area contributed by atoms with Crippen LogP contribution in [0.1, 0.15) is 31.4 Å². The van der Waals surface area contributed by atoms with Gasteiger partial charge >= 0.3 is 0 Å². The quantitative estimate of drug-likeness (QED) is 0.674. The topological polar surface area (TPSA) is 85.0 Å². The van der Waals surface area contributed by atoms with Crippen LogP contribution in [0.3, 0.4) is 0 Å². The van der Waals surface area contributed by atoms with Crippen molar-refractivity contribution in [2.24, 2.45) is 10.7 Å². The molecule has 156 valence electrons. The highest BCUT2D eigenvalue weighted by atomic mass is 32.2. The Bertz CT molecular complexity index is 982. The summed E-state index contributed by atoms with van der Waals surface area (Å²) in [6.07, 6.45) is 2.68. The van der Waals surface area contributed by atoms with E-state index in [2.05, 4.69) is 6.92 Å². The lowest BCUT2D eigenvalue weighted by Gasteiger charge is -2.22. The normalized spacial score (nSPS) is 17.6. The maximum absolute atomic E-state index is 13.1. The fourth-order valence-electron chi connectivity index (χ4n) is 2.83. The lowest BCUT2D eigenvalue weighted by atomic mass is 10.2. The summed E-state index contributed by atoms with van der Waals surface area (Å²) < 4.78 is 5.27. The molecule has 7 heteroatoms. The van der Waals surface area contributed by atoms with Crippen molar-refractivity contribution in [3.8, 4) is 5.75 Å². The van der Waals surface area contributed by atoms with Gasteiger partial charge in [-0.2, -0.15) is 0 Å². The van der Waals surface area contributed by atoms with Crippen molar-refractivity contribution in [2.75, 3.05) is 6.61 Å². The molecule has 0 unspecified atom stereocenters. The van der Waals surface area contributed by atoms with Gasteiger partial charge in [0.05, 0.1) is 10.6 Å². The summed E-state index contributed by atoms with van der Waals surface area (Å²) in [5, 5.41) is 0.686. The van der Waals surface area contributed by atoms with E-state index in [1.165, 1.54) is 11.8 Å². The highest BCUT2D eigenvalue weighted by molar-refractivity contribution is 8.18. The molecule has 0 spiro atoms. The third-order valence-corrected chi connectivity index (χ3v) is 5.67. The highest BCUT2D eigenvalue weighted by Gasteiger charge is 2.36. The van der Waals surface area contributed by atoms with Crippen molar-refractivity contribution >= 4 is 40.5 Å². The molecule has 3 rings (SSSR count).